The minimum Gasteiger partial charge on any atom is -0.0666 e. The number of hydrogen-bond donors (Lipinski definition) is 0. The monoisotopic (exact) mass is 180 g/mol. The van der Waals surface area contributed by atoms with Gasteiger partial charge >= 0.3 is 0 Å². The zero-order chi connectivity index (χ0) is 11.1. The fourth-order valence-corrected chi connectivity index (χ4v) is 1.57. The smallest absolute Gasteiger partial charge is 0.0666 e. The lowest BCUT2D eigenvalue weighted by Crippen LogP contribution is -2.42. The second-order valence-electron chi connectivity index (χ2n) is 6.33. The molecule has 2 radical (unpaired) electrons. The summed E-state index contributed by atoms with van der Waals surface area (Å²) in [7, 11) is 6.47. The maximum absolute atomic E-state index is 6.47. The van der Waals surface area contributed by atoms with E-state index in [1.807, 2.05) is 0 Å². The highest BCUT2D eigenvalue weighted by Gasteiger charge is 2.45. The minimum absolute atomic E-state index is 0.140. The van der Waals surface area contributed by atoms with E-state index in [1.54, 1.807) is 0 Å². The van der Waals surface area contributed by atoms with Gasteiger partial charge in [-0.3, -0.25) is 0 Å². The van der Waals surface area contributed by atoms with Crippen LogP contribution in [0.3, 0.4) is 0 Å². The molecule has 0 aliphatic rings. The van der Waals surface area contributed by atoms with Gasteiger partial charge in [0.05, 0.1) is 7.85 Å². The summed E-state index contributed by atoms with van der Waals surface area (Å²) in [6, 6.07) is 0. The second kappa shape index (κ2) is 3.33. The van der Waals surface area contributed by atoms with Crippen LogP contribution in [0.25, 0.3) is 0 Å². The van der Waals surface area contributed by atoms with Crippen LogP contribution in [0.15, 0.2) is 0 Å². The Balaban J connectivity index is 5.04. The molecule has 1 atom stereocenters. The van der Waals surface area contributed by atoms with Crippen LogP contribution in [0, 0.1) is 16.7 Å². The van der Waals surface area contributed by atoms with E-state index >= 15 is 0 Å². The second-order valence-corrected chi connectivity index (χ2v) is 6.33. The first kappa shape index (κ1) is 13.1. The molecule has 0 nitrogen and oxygen atoms in total. The summed E-state index contributed by atoms with van der Waals surface area (Å²) >= 11 is 0. The standard InChI is InChI=1S/C12H25B/c1-9(2)11(6,7)12(8,13)10(3,4)5/h9H,1-8H3. The van der Waals surface area contributed by atoms with E-state index in [2.05, 4.69) is 55.4 Å². The Morgan fingerprint density at radius 1 is 0.846 bits per heavy atom. The largest absolute Gasteiger partial charge is 0.0757 e. The van der Waals surface area contributed by atoms with Crippen molar-refractivity contribution in [1.29, 1.82) is 0 Å². The molecule has 0 bridgehead atoms. The van der Waals surface area contributed by atoms with E-state index in [4.69, 9.17) is 7.85 Å². The Morgan fingerprint density at radius 3 is 1.23 bits per heavy atom. The van der Waals surface area contributed by atoms with Gasteiger partial charge in [0.15, 0.2) is 0 Å². The zero-order valence-corrected chi connectivity index (χ0v) is 10.7. The first-order valence-corrected chi connectivity index (χ1v) is 5.23. The molecule has 0 heterocycles. The van der Waals surface area contributed by atoms with Gasteiger partial charge in [-0.2, -0.15) is 0 Å². The molecule has 0 aromatic rings. The Kier molecular flexibility index (Phi) is 3.35. The third-order valence-corrected chi connectivity index (χ3v) is 4.34. The van der Waals surface area contributed by atoms with Crippen molar-refractivity contribution >= 4 is 7.85 Å². The quantitative estimate of drug-likeness (QED) is 0.562. The number of rotatable bonds is 2. The van der Waals surface area contributed by atoms with Crippen molar-refractivity contribution in [1.82, 2.24) is 0 Å². The van der Waals surface area contributed by atoms with Gasteiger partial charge in [-0.1, -0.05) is 60.7 Å². The van der Waals surface area contributed by atoms with E-state index < -0.39 is 0 Å². The summed E-state index contributed by atoms with van der Waals surface area (Å²) in [6.45, 7) is 17.9. The Morgan fingerprint density at radius 2 is 1.15 bits per heavy atom. The third-order valence-electron chi connectivity index (χ3n) is 4.34. The zero-order valence-electron chi connectivity index (χ0n) is 10.7. The molecule has 1 unspecified atom stereocenters. The molecule has 0 aliphatic carbocycles. The highest BCUT2D eigenvalue weighted by atomic mass is 14.5. The molecule has 0 saturated heterocycles. The normalized spacial score (nSPS) is 18.8. The minimum atomic E-state index is -0.145. The molecular weight excluding hydrogens is 155 g/mol. The van der Waals surface area contributed by atoms with E-state index in [0.29, 0.717) is 5.92 Å². The predicted molar refractivity (Wildman–Crippen MR) is 62.2 cm³/mol. The summed E-state index contributed by atoms with van der Waals surface area (Å²) in [5, 5.41) is -0.145. The topological polar surface area (TPSA) is 0 Å². The lowest BCUT2D eigenvalue weighted by molar-refractivity contribution is 0.0777. The van der Waals surface area contributed by atoms with Crippen molar-refractivity contribution in [2.75, 3.05) is 0 Å². The first-order chi connectivity index (χ1) is 5.44. The van der Waals surface area contributed by atoms with Crippen molar-refractivity contribution in [3.05, 3.63) is 0 Å². The van der Waals surface area contributed by atoms with Crippen LogP contribution in [-0.2, 0) is 0 Å². The molecule has 0 spiro atoms. The van der Waals surface area contributed by atoms with Gasteiger partial charge in [0.2, 0.25) is 0 Å². The predicted octanol–water partition coefficient (Wildman–Crippen LogP) is 4.06. The van der Waals surface area contributed by atoms with Crippen LogP contribution in [0.4, 0.5) is 0 Å². The van der Waals surface area contributed by atoms with Crippen LogP contribution >= 0.6 is 0 Å². The van der Waals surface area contributed by atoms with Crippen LogP contribution in [0.1, 0.15) is 55.4 Å². The summed E-state index contributed by atoms with van der Waals surface area (Å²) in [5.74, 6) is 0.599. The molecule has 76 valence electrons. The van der Waals surface area contributed by atoms with Gasteiger partial charge in [-0.15, -0.1) is 0 Å². The van der Waals surface area contributed by atoms with Gasteiger partial charge in [0, 0.05) is 0 Å². The van der Waals surface area contributed by atoms with E-state index in [-0.39, 0.29) is 16.1 Å². The van der Waals surface area contributed by atoms with Crippen LogP contribution in [-0.4, -0.2) is 7.85 Å². The van der Waals surface area contributed by atoms with E-state index in [9.17, 15) is 0 Å². The highest BCUT2D eigenvalue weighted by Crippen LogP contribution is 2.58. The molecule has 0 aromatic carbocycles. The molecular formula is C12H25B. The lowest BCUT2D eigenvalue weighted by atomic mass is 9.42. The maximum Gasteiger partial charge on any atom is 0.0757 e. The average Bonchev–Trinajstić information content (AvgIpc) is 1.84. The molecule has 0 fully saturated rings. The lowest BCUT2D eigenvalue weighted by Gasteiger charge is -2.53. The Labute approximate surface area is 85.9 Å². The van der Waals surface area contributed by atoms with Gasteiger partial charge < -0.3 is 0 Å². The fourth-order valence-electron chi connectivity index (χ4n) is 1.57. The molecule has 0 aliphatic heterocycles. The summed E-state index contributed by atoms with van der Waals surface area (Å²) in [6.07, 6.45) is 0. The van der Waals surface area contributed by atoms with Crippen molar-refractivity contribution < 1.29 is 0 Å². The molecule has 0 amide bonds. The Hall–Kier alpha value is 0.0649. The number of hydrogen-bond acceptors (Lipinski definition) is 0. The fraction of sp³-hybridized carbons (Fsp3) is 1.00. The average molecular weight is 180 g/mol. The van der Waals surface area contributed by atoms with Gasteiger partial charge in [0.1, 0.15) is 0 Å². The van der Waals surface area contributed by atoms with E-state index in [0.717, 1.165) is 0 Å². The van der Waals surface area contributed by atoms with Crippen LogP contribution < -0.4 is 0 Å². The molecule has 0 saturated carbocycles. The highest BCUT2D eigenvalue weighted by molar-refractivity contribution is 6.16. The van der Waals surface area contributed by atoms with E-state index in [1.165, 1.54) is 0 Å². The third kappa shape index (κ3) is 2.11. The van der Waals surface area contributed by atoms with Crippen molar-refractivity contribution in [2.24, 2.45) is 16.7 Å². The molecule has 13 heavy (non-hydrogen) atoms. The SMILES string of the molecule is [B]C(C)(C(C)(C)C)C(C)(C)C(C)C. The van der Waals surface area contributed by atoms with Gasteiger partial charge in [-0.25, -0.2) is 0 Å². The molecule has 0 N–H and O–H groups in total. The van der Waals surface area contributed by atoms with Gasteiger partial charge in [-0.05, 0) is 16.7 Å². The molecule has 1 heteroatoms. The van der Waals surface area contributed by atoms with Crippen molar-refractivity contribution in [3.63, 3.8) is 0 Å². The first-order valence-electron chi connectivity index (χ1n) is 5.23. The summed E-state index contributed by atoms with van der Waals surface area (Å²) < 4.78 is 0. The van der Waals surface area contributed by atoms with Crippen LogP contribution in [0.5, 0.6) is 0 Å². The van der Waals surface area contributed by atoms with Crippen molar-refractivity contribution in [2.45, 2.75) is 60.7 Å². The van der Waals surface area contributed by atoms with Crippen LogP contribution in [0.2, 0.25) is 5.31 Å². The summed E-state index contributed by atoms with van der Waals surface area (Å²) in [5.41, 5.74) is 0.298. The Bertz CT molecular complexity index is 170. The van der Waals surface area contributed by atoms with Crippen molar-refractivity contribution in [3.8, 4) is 0 Å². The molecule has 0 rings (SSSR count). The maximum atomic E-state index is 6.47. The summed E-state index contributed by atoms with van der Waals surface area (Å²) in [4.78, 5) is 0. The molecule has 0 aromatic heterocycles. The van der Waals surface area contributed by atoms with Gasteiger partial charge in [0.25, 0.3) is 0 Å².